The third-order valence-corrected chi connectivity index (χ3v) is 4.57. The molecule has 16 heavy (non-hydrogen) atoms. The van der Waals surface area contributed by atoms with Crippen molar-refractivity contribution < 1.29 is 5.11 Å². The highest BCUT2D eigenvalue weighted by Crippen LogP contribution is 2.50. The molecule has 0 atom stereocenters. The minimum absolute atomic E-state index is 0.0362. The largest absolute Gasteiger partial charge is 0.507 e. The lowest BCUT2D eigenvalue weighted by molar-refractivity contribution is 0.240. The predicted octanol–water partition coefficient (Wildman–Crippen LogP) is 2.80. The van der Waals surface area contributed by atoms with Gasteiger partial charge in [0.15, 0.2) is 0 Å². The van der Waals surface area contributed by atoms with Gasteiger partial charge in [0, 0.05) is 22.4 Å². The number of phenolic OH excluding ortho intramolecular Hbond substituents is 1. The van der Waals surface area contributed by atoms with Crippen molar-refractivity contribution in [2.75, 3.05) is 12.8 Å². The maximum atomic E-state index is 10.3. The quantitative estimate of drug-likeness (QED) is 0.795. The van der Waals surface area contributed by atoms with Crippen molar-refractivity contribution in [1.82, 2.24) is 0 Å². The summed E-state index contributed by atoms with van der Waals surface area (Å²) in [4.78, 5) is 1.17. The van der Waals surface area contributed by atoms with Gasteiger partial charge in [-0.2, -0.15) is 0 Å². The maximum Gasteiger partial charge on any atom is 0.123 e. The fourth-order valence-corrected chi connectivity index (χ4v) is 3.24. The van der Waals surface area contributed by atoms with Crippen molar-refractivity contribution in [3.63, 3.8) is 0 Å². The van der Waals surface area contributed by atoms with Gasteiger partial charge in [-0.25, -0.2) is 0 Å². The van der Waals surface area contributed by atoms with E-state index in [9.17, 15) is 5.11 Å². The second-order valence-electron chi connectivity index (χ2n) is 4.65. The third kappa shape index (κ3) is 1.62. The van der Waals surface area contributed by atoms with Crippen molar-refractivity contribution >= 4 is 11.8 Å². The number of hydrogen-bond donors (Lipinski definition) is 2. The Kier molecular flexibility index (Phi) is 3.17. The minimum atomic E-state index is 0.0362. The molecule has 0 radical (unpaired) electrons. The van der Waals surface area contributed by atoms with Crippen LogP contribution in [0.2, 0.25) is 0 Å². The van der Waals surface area contributed by atoms with Gasteiger partial charge in [-0.05, 0) is 37.7 Å². The van der Waals surface area contributed by atoms with Crippen LogP contribution in [0.1, 0.15) is 30.4 Å². The Morgan fingerprint density at radius 2 is 2.12 bits per heavy atom. The first kappa shape index (κ1) is 11.8. The summed E-state index contributed by atoms with van der Waals surface area (Å²) in [5.41, 5.74) is 8.00. The fraction of sp³-hybridized carbons (Fsp3) is 0.538. The van der Waals surface area contributed by atoms with E-state index in [-0.39, 0.29) is 5.41 Å². The average molecular weight is 237 g/mol. The number of thioether (sulfide) groups is 1. The van der Waals surface area contributed by atoms with Gasteiger partial charge >= 0.3 is 0 Å². The van der Waals surface area contributed by atoms with Crippen LogP contribution in [0.25, 0.3) is 0 Å². The molecule has 0 unspecified atom stereocenters. The van der Waals surface area contributed by atoms with Crippen LogP contribution in [0, 0.1) is 6.92 Å². The maximum absolute atomic E-state index is 10.3. The zero-order valence-electron chi connectivity index (χ0n) is 9.92. The monoisotopic (exact) mass is 237 g/mol. The van der Waals surface area contributed by atoms with Gasteiger partial charge in [0.1, 0.15) is 5.75 Å². The predicted molar refractivity (Wildman–Crippen MR) is 69.2 cm³/mol. The molecule has 1 aliphatic carbocycles. The van der Waals surface area contributed by atoms with E-state index < -0.39 is 0 Å². The summed E-state index contributed by atoms with van der Waals surface area (Å²) in [6.07, 6.45) is 5.48. The lowest BCUT2D eigenvalue weighted by atomic mass is 9.64. The average Bonchev–Trinajstić information content (AvgIpc) is 2.23. The SMILES string of the molecule is CSc1ccc(C)c(O)c1C1(CN)CCC1. The standard InChI is InChI=1S/C13H19NOS/c1-9-4-5-10(16-2)11(12(9)15)13(8-14)6-3-7-13/h4-5,15H,3,6-8,14H2,1-2H3. The Balaban J connectivity index is 2.56. The minimum Gasteiger partial charge on any atom is -0.507 e. The van der Waals surface area contributed by atoms with E-state index in [4.69, 9.17) is 5.73 Å². The fourth-order valence-electron chi connectivity index (χ4n) is 2.52. The number of benzene rings is 1. The van der Waals surface area contributed by atoms with E-state index in [1.54, 1.807) is 11.8 Å². The summed E-state index contributed by atoms with van der Waals surface area (Å²) in [5, 5.41) is 10.3. The molecule has 3 N–H and O–H groups in total. The first-order valence-electron chi connectivity index (χ1n) is 5.72. The summed E-state index contributed by atoms with van der Waals surface area (Å²) < 4.78 is 0. The smallest absolute Gasteiger partial charge is 0.123 e. The second kappa shape index (κ2) is 4.30. The highest BCUT2D eigenvalue weighted by Gasteiger charge is 2.41. The van der Waals surface area contributed by atoms with Crippen LogP contribution in [0.15, 0.2) is 17.0 Å². The van der Waals surface area contributed by atoms with Gasteiger partial charge in [-0.15, -0.1) is 11.8 Å². The zero-order chi connectivity index (χ0) is 11.8. The summed E-state index contributed by atoms with van der Waals surface area (Å²) >= 11 is 1.69. The summed E-state index contributed by atoms with van der Waals surface area (Å²) in [5.74, 6) is 0.456. The van der Waals surface area contributed by atoms with Crippen molar-refractivity contribution in [1.29, 1.82) is 0 Å². The van der Waals surface area contributed by atoms with Crippen LogP contribution in [0.3, 0.4) is 0 Å². The molecule has 1 aromatic rings. The molecule has 1 aliphatic rings. The molecule has 2 nitrogen and oxygen atoms in total. The van der Waals surface area contributed by atoms with Crippen molar-refractivity contribution in [2.45, 2.75) is 36.5 Å². The van der Waals surface area contributed by atoms with Gasteiger partial charge in [0.05, 0.1) is 0 Å². The van der Waals surface area contributed by atoms with Gasteiger partial charge in [-0.1, -0.05) is 12.5 Å². The molecule has 2 rings (SSSR count). The number of aromatic hydroxyl groups is 1. The number of nitrogens with two attached hydrogens (primary N) is 1. The van der Waals surface area contributed by atoms with Crippen molar-refractivity contribution in [2.24, 2.45) is 5.73 Å². The Hall–Kier alpha value is -0.670. The van der Waals surface area contributed by atoms with Crippen LogP contribution >= 0.6 is 11.8 Å². The van der Waals surface area contributed by atoms with Crippen LogP contribution < -0.4 is 5.73 Å². The molecule has 0 amide bonds. The Labute approximate surface area is 101 Å². The summed E-state index contributed by atoms with van der Waals surface area (Å²) in [7, 11) is 0. The highest BCUT2D eigenvalue weighted by molar-refractivity contribution is 7.98. The normalized spacial score (nSPS) is 18.2. The molecule has 0 heterocycles. The molecule has 1 fully saturated rings. The van der Waals surface area contributed by atoms with Gasteiger partial charge < -0.3 is 10.8 Å². The number of aryl methyl sites for hydroxylation is 1. The Morgan fingerprint density at radius 3 is 2.56 bits per heavy atom. The zero-order valence-corrected chi connectivity index (χ0v) is 10.7. The van der Waals surface area contributed by atoms with Gasteiger partial charge in [0.25, 0.3) is 0 Å². The van der Waals surface area contributed by atoms with Gasteiger partial charge in [-0.3, -0.25) is 0 Å². The molecule has 3 heteroatoms. The molecule has 1 aromatic carbocycles. The molecule has 0 saturated heterocycles. The molecule has 0 bridgehead atoms. The van der Waals surface area contributed by atoms with Crippen molar-refractivity contribution in [3.05, 3.63) is 23.3 Å². The first-order chi connectivity index (χ1) is 7.64. The second-order valence-corrected chi connectivity index (χ2v) is 5.49. The first-order valence-corrected chi connectivity index (χ1v) is 6.94. The molecule has 0 spiro atoms. The molecular formula is C13H19NOS. The Bertz CT molecular complexity index is 394. The number of rotatable bonds is 3. The molecule has 1 saturated carbocycles. The third-order valence-electron chi connectivity index (χ3n) is 3.79. The number of phenols is 1. The van der Waals surface area contributed by atoms with Crippen LogP contribution in [0.5, 0.6) is 5.75 Å². The van der Waals surface area contributed by atoms with Crippen LogP contribution in [-0.4, -0.2) is 17.9 Å². The Morgan fingerprint density at radius 1 is 1.44 bits per heavy atom. The summed E-state index contributed by atoms with van der Waals surface area (Å²) in [6, 6.07) is 4.08. The van der Waals surface area contributed by atoms with Crippen molar-refractivity contribution in [3.8, 4) is 5.75 Å². The lowest BCUT2D eigenvalue weighted by Gasteiger charge is -2.43. The van der Waals surface area contributed by atoms with Gasteiger partial charge in [0.2, 0.25) is 0 Å². The lowest BCUT2D eigenvalue weighted by Crippen LogP contribution is -2.42. The molecule has 0 aromatic heterocycles. The van der Waals surface area contributed by atoms with Crippen LogP contribution in [-0.2, 0) is 5.41 Å². The highest BCUT2D eigenvalue weighted by atomic mass is 32.2. The molecular weight excluding hydrogens is 218 g/mol. The van der Waals surface area contributed by atoms with E-state index in [1.165, 1.54) is 11.3 Å². The van der Waals surface area contributed by atoms with Crippen LogP contribution in [0.4, 0.5) is 0 Å². The van der Waals surface area contributed by atoms with E-state index in [1.807, 2.05) is 13.0 Å². The summed E-state index contributed by atoms with van der Waals surface area (Å²) in [6.45, 7) is 2.59. The van der Waals surface area contributed by atoms with E-state index in [2.05, 4.69) is 12.3 Å². The van der Waals surface area contributed by atoms with E-state index >= 15 is 0 Å². The topological polar surface area (TPSA) is 46.2 Å². The van der Waals surface area contributed by atoms with E-state index in [0.29, 0.717) is 12.3 Å². The number of hydrogen-bond acceptors (Lipinski definition) is 3. The van der Waals surface area contributed by atoms with E-state index in [0.717, 1.165) is 24.0 Å². The molecule has 88 valence electrons. The molecule has 0 aliphatic heterocycles.